The maximum atomic E-state index is 2.65. The maximum absolute atomic E-state index is 2.65. The molecule has 118 valence electrons. The first-order chi connectivity index (χ1) is 11.3. The molecule has 1 heteroatoms. The van der Waals surface area contributed by atoms with Crippen molar-refractivity contribution in [3.63, 3.8) is 0 Å². The van der Waals surface area contributed by atoms with E-state index in [0.717, 1.165) is 12.5 Å². The summed E-state index contributed by atoms with van der Waals surface area (Å²) in [6.07, 6.45) is 4.06. The third-order valence-corrected chi connectivity index (χ3v) is 5.55. The van der Waals surface area contributed by atoms with Gasteiger partial charge < -0.3 is 0 Å². The second-order valence-electron chi connectivity index (χ2n) is 6.93. The molecule has 0 N–H and O–H groups in total. The topological polar surface area (TPSA) is 3.24 Å². The molecule has 0 atom stereocenters. The van der Waals surface area contributed by atoms with Crippen LogP contribution in [0.4, 0.5) is 0 Å². The Morgan fingerprint density at radius 2 is 1.43 bits per heavy atom. The van der Waals surface area contributed by atoms with Crippen LogP contribution in [0.25, 0.3) is 21.5 Å². The summed E-state index contributed by atoms with van der Waals surface area (Å²) in [6, 6.07) is 20.0. The lowest BCUT2D eigenvalue weighted by Crippen LogP contribution is -2.33. The fourth-order valence-corrected chi connectivity index (χ4v) is 4.05. The van der Waals surface area contributed by atoms with Crippen molar-refractivity contribution in [3.05, 3.63) is 60.2 Å². The number of hydrogen-bond acceptors (Lipinski definition) is 1. The third kappa shape index (κ3) is 2.86. The van der Waals surface area contributed by atoms with Gasteiger partial charge in [0, 0.05) is 6.54 Å². The van der Waals surface area contributed by atoms with Gasteiger partial charge in [0.05, 0.1) is 0 Å². The smallest absolute Gasteiger partial charge is 0.0246 e. The monoisotopic (exact) mass is 303 g/mol. The van der Waals surface area contributed by atoms with Gasteiger partial charge >= 0.3 is 0 Å². The normalized spacial score (nSPS) is 17.1. The Labute approximate surface area is 138 Å². The van der Waals surface area contributed by atoms with E-state index in [0.29, 0.717) is 0 Å². The fraction of sp³-hybridized carbons (Fsp3) is 0.364. The second kappa shape index (κ2) is 6.33. The van der Waals surface area contributed by atoms with Crippen molar-refractivity contribution in [2.75, 3.05) is 13.1 Å². The van der Waals surface area contributed by atoms with Gasteiger partial charge in [0.15, 0.2) is 0 Å². The summed E-state index contributed by atoms with van der Waals surface area (Å²) >= 11 is 0. The highest BCUT2D eigenvalue weighted by Crippen LogP contribution is 2.30. The van der Waals surface area contributed by atoms with E-state index < -0.39 is 0 Å². The van der Waals surface area contributed by atoms with E-state index in [1.165, 1.54) is 59.5 Å². The molecule has 3 aromatic rings. The van der Waals surface area contributed by atoms with Gasteiger partial charge in [-0.15, -0.1) is 0 Å². The number of benzene rings is 3. The minimum Gasteiger partial charge on any atom is -0.299 e. The van der Waals surface area contributed by atoms with E-state index in [2.05, 4.69) is 66.4 Å². The molecule has 0 aromatic heterocycles. The molecule has 23 heavy (non-hydrogen) atoms. The largest absolute Gasteiger partial charge is 0.299 e. The summed E-state index contributed by atoms with van der Waals surface area (Å²) in [5, 5.41) is 5.57. The number of rotatable bonds is 3. The van der Waals surface area contributed by atoms with Crippen LogP contribution in [0.1, 0.15) is 31.7 Å². The predicted molar refractivity (Wildman–Crippen MR) is 99.7 cm³/mol. The van der Waals surface area contributed by atoms with Crippen molar-refractivity contribution in [2.45, 2.75) is 32.7 Å². The molecule has 0 aliphatic carbocycles. The SMILES string of the molecule is CCC1CCN(Cc2c3ccccc3cc3ccccc23)CC1. The van der Waals surface area contributed by atoms with Gasteiger partial charge in [-0.2, -0.15) is 0 Å². The van der Waals surface area contributed by atoms with Gasteiger partial charge in [0.25, 0.3) is 0 Å². The Kier molecular flexibility index (Phi) is 4.05. The van der Waals surface area contributed by atoms with E-state index in [4.69, 9.17) is 0 Å². The quantitative estimate of drug-likeness (QED) is 0.568. The molecule has 1 nitrogen and oxygen atoms in total. The summed E-state index contributed by atoms with van der Waals surface area (Å²) in [5.74, 6) is 0.940. The van der Waals surface area contributed by atoms with Gasteiger partial charge in [0.2, 0.25) is 0 Å². The zero-order valence-electron chi connectivity index (χ0n) is 14.0. The van der Waals surface area contributed by atoms with E-state index in [-0.39, 0.29) is 0 Å². The first-order valence-electron chi connectivity index (χ1n) is 8.97. The lowest BCUT2D eigenvalue weighted by Gasteiger charge is -2.32. The molecule has 0 radical (unpaired) electrons. The van der Waals surface area contributed by atoms with E-state index >= 15 is 0 Å². The zero-order chi connectivity index (χ0) is 15.6. The number of piperidine rings is 1. The number of hydrogen-bond donors (Lipinski definition) is 0. The molecule has 1 fully saturated rings. The van der Waals surface area contributed by atoms with Crippen molar-refractivity contribution in [3.8, 4) is 0 Å². The summed E-state index contributed by atoms with van der Waals surface area (Å²) in [7, 11) is 0. The summed E-state index contributed by atoms with van der Waals surface area (Å²) in [6.45, 7) is 5.91. The minimum atomic E-state index is 0.940. The molecule has 0 saturated carbocycles. The molecule has 0 unspecified atom stereocenters. The van der Waals surface area contributed by atoms with Crippen molar-refractivity contribution in [2.24, 2.45) is 5.92 Å². The molecule has 3 aromatic carbocycles. The van der Waals surface area contributed by atoms with Gasteiger partial charge in [-0.25, -0.2) is 0 Å². The molecule has 1 saturated heterocycles. The van der Waals surface area contributed by atoms with Crippen LogP contribution in [0, 0.1) is 5.92 Å². The highest BCUT2D eigenvalue weighted by atomic mass is 15.1. The Hall–Kier alpha value is -1.86. The van der Waals surface area contributed by atoms with Crippen LogP contribution in [-0.2, 0) is 6.54 Å². The number of likely N-dealkylation sites (tertiary alicyclic amines) is 1. The highest BCUT2D eigenvalue weighted by molar-refractivity contribution is 6.02. The van der Waals surface area contributed by atoms with Gasteiger partial charge in [-0.05, 0) is 65.0 Å². The molecule has 1 aliphatic rings. The van der Waals surface area contributed by atoms with Crippen LogP contribution in [0.2, 0.25) is 0 Å². The van der Waals surface area contributed by atoms with Crippen LogP contribution >= 0.6 is 0 Å². The molecule has 0 bridgehead atoms. The van der Waals surface area contributed by atoms with Crippen molar-refractivity contribution < 1.29 is 0 Å². The molecule has 0 amide bonds. The van der Waals surface area contributed by atoms with Crippen LogP contribution in [0.3, 0.4) is 0 Å². The van der Waals surface area contributed by atoms with Gasteiger partial charge in [0.1, 0.15) is 0 Å². The van der Waals surface area contributed by atoms with Crippen LogP contribution in [0.15, 0.2) is 54.6 Å². The van der Waals surface area contributed by atoms with Gasteiger partial charge in [-0.1, -0.05) is 61.9 Å². The first kappa shape index (κ1) is 14.7. The minimum absolute atomic E-state index is 0.940. The Bertz CT molecular complexity index is 758. The van der Waals surface area contributed by atoms with Crippen molar-refractivity contribution in [1.29, 1.82) is 0 Å². The maximum Gasteiger partial charge on any atom is 0.0246 e. The average molecular weight is 303 g/mol. The standard InChI is InChI=1S/C22H25N/c1-2-17-11-13-23(14-12-17)16-22-20-9-5-3-7-18(20)15-19-8-4-6-10-21(19)22/h3-10,15,17H,2,11-14,16H2,1H3. The van der Waals surface area contributed by atoms with Crippen molar-refractivity contribution in [1.82, 2.24) is 4.90 Å². The molecule has 0 spiro atoms. The number of fused-ring (bicyclic) bond motifs is 2. The van der Waals surface area contributed by atoms with E-state index in [1.807, 2.05) is 0 Å². The molecule has 1 aliphatic heterocycles. The molecule has 4 rings (SSSR count). The lowest BCUT2D eigenvalue weighted by molar-refractivity contribution is 0.176. The first-order valence-corrected chi connectivity index (χ1v) is 8.97. The summed E-state index contributed by atoms with van der Waals surface area (Å²) in [4.78, 5) is 2.65. The second-order valence-corrected chi connectivity index (χ2v) is 6.93. The fourth-order valence-electron chi connectivity index (χ4n) is 4.05. The Balaban J connectivity index is 1.74. The number of nitrogens with zero attached hydrogens (tertiary/aromatic N) is 1. The highest BCUT2D eigenvalue weighted by Gasteiger charge is 2.19. The molecular formula is C22H25N. The third-order valence-electron chi connectivity index (χ3n) is 5.55. The van der Waals surface area contributed by atoms with E-state index in [1.54, 1.807) is 0 Å². The predicted octanol–water partition coefficient (Wildman–Crippen LogP) is 5.62. The summed E-state index contributed by atoms with van der Waals surface area (Å²) < 4.78 is 0. The molecular weight excluding hydrogens is 278 g/mol. The lowest BCUT2D eigenvalue weighted by atomic mass is 9.92. The van der Waals surface area contributed by atoms with Crippen LogP contribution in [0.5, 0.6) is 0 Å². The van der Waals surface area contributed by atoms with Crippen molar-refractivity contribution >= 4 is 21.5 Å². The Morgan fingerprint density at radius 1 is 0.870 bits per heavy atom. The van der Waals surface area contributed by atoms with Gasteiger partial charge in [-0.3, -0.25) is 4.90 Å². The van der Waals surface area contributed by atoms with Crippen LogP contribution < -0.4 is 0 Å². The Morgan fingerprint density at radius 3 is 2.00 bits per heavy atom. The van der Waals surface area contributed by atoms with E-state index in [9.17, 15) is 0 Å². The summed E-state index contributed by atoms with van der Waals surface area (Å²) in [5.41, 5.74) is 1.51. The average Bonchev–Trinajstić information content (AvgIpc) is 2.62. The molecule has 1 heterocycles. The van der Waals surface area contributed by atoms with Crippen LogP contribution in [-0.4, -0.2) is 18.0 Å². The zero-order valence-corrected chi connectivity index (χ0v) is 14.0.